The summed E-state index contributed by atoms with van der Waals surface area (Å²) in [4.78, 5) is 2.74. The molecular weight excluding hydrogens is 256 g/mol. The van der Waals surface area contributed by atoms with Gasteiger partial charge < -0.3 is 5.73 Å². The predicted octanol–water partition coefficient (Wildman–Crippen LogP) is 4.22. The van der Waals surface area contributed by atoms with Gasteiger partial charge >= 0.3 is 0 Å². The molecule has 1 aliphatic carbocycles. The first-order chi connectivity index (χ1) is 10.2. The molecule has 118 valence electrons. The van der Waals surface area contributed by atoms with Crippen molar-refractivity contribution in [3.63, 3.8) is 0 Å². The molecule has 0 heterocycles. The maximum atomic E-state index is 6.03. The van der Waals surface area contributed by atoms with E-state index in [1.165, 1.54) is 31.2 Å². The van der Waals surface area contributed by atoms with Crippen molar-refractivity contribution in [1.82, 2.24) is 4.90 Å². The molecule has 0 spiro atoms. The molecule has 2 rings (SSSR count). The predicted molar refractivity (Wildman–Crippen MR) is 91.2 cm³/mol. The highest BCUT2D eigenvalue weighted by molar-refractivity contribution is 5.19. The summed E-state index contributed by atoms with van der Waals surface area (Å²) in [5.74, 6) is 1.39. The summed E-state index contributed by atoms with van der Waals surface area (Å²) in [7, 11) is 0. The Morgan fingerprint density at radius 2 is 1.90 bits per heavy atom. The fraction of sp³-hybridized carbons (Fsp3) is 0.684. The van der Waals surface area contributed by atoms with Crippen LogP contribution in [0.1, 0.15) is 58.1 Å². The van der Waals surface area contributed by atoms with Gasteiger partial charge in [0, 0.05) is 12.1 Å². The third-order valence-electron chi connectivity index (χ3n) is 4.99. The molecular formula is C19H32N2. The number of nitrogens with zero attached hydrogens (tertiary/aromatic N) is 1. The summed E-state index contributed by atoms with van der Waals surface area (Å²) >= 11 is 0. The van der Waals surface area contributed by atoms with E-state index in [2.05, 4.69) is 56.0 Å². The smallest absolute Gasteiger partial charge is 0.0353 e. The van der Waals surface area contributed by atoms with Gasteiger partial charge in [-0.05, 0) is 49.8 Å². The van der Waals surface area contributed by atoms with E-state index in [0.717, 1.165) is 13.1 Å². The van der Waals surface area contributed by atoms with Crippen LogP contribution in [0.4, 0.5) is 0 Å². The second kappa shape index (κ2) is 7.95. The molecule has 0 aliphatic heterocycles. The fourth-order valence-electron chi connectivity index (χ4n) is 4.00. The molecule has 1 saturated carbocycles. The van der Waals surface area contributed by atoms with Crippen LogP contribution in [-0.2, 0) is 0 Å². The minimum absolute atomic E-state index is 0.536. The molecule has 2 nitrogen and oxygen atoms in total. The Morgan fingerprint density at radius 3 is 2.48 bits per heavy atom. The third-order valence-corrected chi connectivity index (χ3v) is 4.99. The van der Waals surface area contributed by atoms with Gasteiger partial charge in [-0.25, -0.2) is 0 Å². The molecule has 0 amide bonds. The first kappa shape index (κ1) is 16.5. The molecule has 0 aromatic heterocycles. The summed E-state index contributed by atoms with van der Waals surface area (Å²) in [6.07, 6.45) is 5.19. The molecule has 2 N–H and O–H groups in total. The molecule has 2 heteroatoms. The summed E-state index contributed by atoms with van der Waals surface area (Å²) in [6.45, 7) is 8.93. The highest BCUT2D eigenvalue weighted by Gasteiger charge is 2.34. The number of hydrogen-bond donors (Lipinski definition) is 1. The minimum Gasteiger partial charge on any atom is -0.330 e. The third kappa shape index (κ3) is 4.08. The van der Waals surface area contributed by atoms with Crippen molar-refractivity contribution < 1.29 is 0 Å². The molecule has 3 atom stereocenters. The Morgan fingerprint density at radius 1 is 1.19 bits per heavy atom. The van der Waals surface area contributed by atoms with E-state index in [4.69, 9.17) is 5.73 Å². The first-order valence-corrected chi connectivity index (χ1v) is 8.68. The second-order valence-electron chi connectivity index (χ2n) is 6.88. The standard InChI is InChI=1S/C19H32N2/c1-4-21(18-12-8-11-17(18)14-20)19(13-15(2)3)16-9-6-5-7-10-16/h5-7,9-10,15,17-19H,4,8,11-14,20H2,1-3H3. The van der Waals surface area contributed by atoms with Crippen LogP contribution in [0, 0.1) is 11.8 Å². The summed E-state index contributed by atoms with van der Waals surface area (Å²) < 4.78 is 0. The molecule has 0 saturated heterocycles. The van der Waals surface area contributed by atoms with Crippen LogP contribution in [0.25, 0.3) is 0 Å². The monoisotopic (exact) mass is 288 g/mol. The van der Waals surface area contributed by atoms with Gasteiger partial charge in [-0.3, -0.25) is 4.90 Å². The fourth-order valence-corrected chi connectivity index (χ4v) is 4.00. The van der Waals surface area contributed by atoms with Gasteiger partial charge in [0.15, 0.2) is 0 Å². The van der Waals surface area contributed by atoms with Crippen LogP contribution in [0.5, 0.6) is 0 Å². The lowest BCUT2D eigenvalue weighted by atomic mass is 9.92. The van der Waals surface area contributed by atoms with Crippen molar-refractivity contribution in [3.8, 4) is 0 Å². The van der Waals surface area contributed by atoms with Crippen LogP contribution in [0.15, 0.2) is 30.3 Å². The molecule has 1 aliphatic rings. The molecule has 1 fully saturated rings. The van der Waals surface area contributed by atoms with E-state index in [-0.39, 0.29) is 0 Å². The summed E-state index contributed by atoms with van der Waals surface area (Å²) in [6, 6.07) is 12.3. The van der Waals surface area contributed by atoms with Crippen molar-refractivity contribution in [2.45, 2.75) is 58.5 Å². The van der Waals surface area contributed by atoms with Gasteiger partial charge in [-0.2, -0.15) is 0 Å². The molecule has 21 heavy (non-hydrogen) atoms. The van der Waals surface area contributed by atoms with E-state index in [1.807, 2.05) is 0 Å². The van der Waals surface area contributed by atoms with E-state index in [1.54, 1.807) is 0 Å². The van der Waals surface area contributed by atoms with Gasteiger partial charge in [0.2, 0.25) is 0 Å². The van der Waals surface area contributed by atoms with Gasteiger partial charge in [0.05, 0.1) is 0 Å². The minimum atomic E-state index is 0.536. The Hall–Kier alpha value is -0.860. The highest BCUT2D eigenvalue weighted by Crippen LogP contribution is 2.37. The first-order valence-electron chi connectivity index (χ1n) is 8.68. The van der Waals surface area contributed by atoms with Crippen molar-refractivity contribution in [2.24, 2.45) is 17.6 Å². The number of hydrogen-bond acceptors (Lipinski definition) is 2. The van der Waals surface area contributed by atoms with Crippen LogP contribution in [-0.4, -0.2) is 24.0 Å². The van der Waals surface area contributed by atoms with Crippen LogP contribution in [0.2, 0.25) is 0 Å². The quantitative estimate of drug-likeness (QED) is 0.814. The molecule has 3 unspecified atom stereocenters. The van der Waals surface area contributed by atoms with Crippen LogP contribution >= 0.6 is 0 Å². The summed E-state index contributed by atoms with van der Waals surface area (Å²) in [5, 5.41) is 0. The number of benzene rings is 1. The Balaban J connectivity index is 2.24. The Labute approximate surface area is 130 Å². The average molecular weight is 288 g/mol. The zero-order valence-electron chi connectivity index (χ0n) is 14.0. The van der Waals surface area contributed by atoms with Gasteiger partial charge in [0.25, 0.3) is 0 Å². The van der Waals surface area contributed by atoms with E-state index in [9.17, 15) is 0 Å². The second-order valence-corrected chi connectivity index (χ2v) is 6.88. The van der Waals surface area contributed by atoms with E-state index < -0.39 is 0 Å². The van der Waals surface area contributed by atoms with Crippen molar-refractivity contribution >= 4 is 0 Å². The SMILES string of the molecule is CCN(C(CC(C)C)c1ccccc1)C1CCCC1CN. The largest absolute Gasteiger partial charge is 0.330 e. The van der Waals surface area contributed by atoms with Crippen molar-refractivity contribution in [2.75, 3.05) is 13.1 Å². The molecule has 1 aromatic carbocycles. The lowest BCUT2D eigenvalue weighted by molar-refractivity contribution is 0.0998. The maximum absolute atomic E-state index is 6.03. The average Bonchev–Trinajstić information content (AvgIpc) is 2.96. The topological polar surface area (TPSA) is 29.3 Å². The molecule has 0 bridgehead atoms. The van der Waals surface area contributed by atoms with Crippen molar-refractivity contribution in [1.29, 1.82) is 0 Å². The number of rotatable bonds is 7. The summed E-state index contributed by atoms with van der Waals surface area (Å²) in [5.41, 5.74) is 7.50. The van der Waals surface area contributed by atoms with Gasteiger partial charge in [-0.15, -0.1) is 0 Å². The van der Waals surface area contributed by atoms with Gasteiger partial charge in [0.1, 0.15) is 0 Å². The molecule has 0 radical (unpaired) electrons. The lowest BCUT2D eigenvalue weighted by Gasteiger charge is -2.39. The zero-order chi connectivity index (χ0) is 15.2. The number of nitrogens with two attached hydrogens (primary N) is 1. The molecule has 1 aromatic rings. The van der Waals surface area contributed by atoms with Crippen molar-refractivity contribution in [3.05, 3.63) is 35.9 Å². The van der Waals surface area contributed by atoms with Crippen LogP contribution < -0.4 is 5.73 Å². The van der Waals surface area contributed by atoms with E-state index in [0.29, 0.717) is 23.9 Å². The van der Waals surface area contributed by atoms with E-state index >= 15 is 0 Å². The normalized spacial score (nSPS) is 23.9. The maximum Gasteiger partial charge on any atom is 0.0353 e. The highest BCUT2D eigenvalue weighted by atomic mass is 15.2. The van der Waals surface area contributed by atoms with Crippen LogP contribution in [0.3, 0.4) is 0 Å². The zero-order valence-corrected chi connectivity index (χ0v) is 14.0. The van der Waals surface area contributed by atoms with Gasteiger partial charge in [-0.1, -0.05) is 57.5 Å². The Bertz CT molecular complexity index is 401. The lowest BCUT2D eigenvalue weighted by Crippen LogP contribution is -2.43. The Kier molecular flexibility index (Phi) is 6.25.